The second-order valence-electron chi connectivity index (χ2n) is 5.02. The van der Waals surface area contributed by atoms with E-state index in [4.69, 9.17) is 9.47 Å². The average molecular weight is 240 g/mol. The molecule has 1 heterocycles. The van der Waals surface area contributed by atoms with Crippen LogP contribution in [0.5, 0.6) is 11.5 Å². The maximum Gasteiger partial charge on any atom is 0.129 e. The summed E-state index contributed by atoms with van der Waals surface area (Å²) in [5.41, 5.74) is 3.25. The lowest BCUT2D eigenvalue weighted by atomic mass is 9.86. The number of rotatable bonds is 1. The normalized spacial score (nSPS) is 15.3. The van der Waals surface area contributed by atoms with Crippen molar-refractivity contribution in [2.24, 2.45) is 0 Å². The average Bonchev–Trinajstić information content (AvgIpc) is 2.38. The molecule has 2 aromatic carbocycles. The van der Waals surface area contributed by atoms with Crippen LogP contribution >= 0.6 is 0 Å². The van der Waals surface area contributed by atoms with Gasteiger partial charge in [0, 0.05) is 11.1 Å². The molecule has 0 unspecified atom stereocenters. The first-order chi connectivity index (χ1) is 8.62. The number of ether oxygens (including phenoxy) is 2. The molecule has 2 nitrogen and oxygen atoms in total. The second-order valence-corrected chi connectivity index (χ2v) is 5.02. The molecule has 2 heteroatoms. The molecule has 1 aliphatic heterocycles. The van der Waals surface area contributed by atoms with Gasteiger partial charge in [0.15, 0.2) is 0 Å². The summed E-state index contributed by atoms with van der Waals surface area (Å²) in [4.78, 5) is 0. The Morgan fingerprint density at radius 1 is 1.00 bits per heavy atom. The molecule has 0 N–H and O–H groups in total. The van der Waals surface area contributed by atoms with Crippen LogP contribution in [0.25, 0.3) is 11.1 Å². The van der Waals surface area contributed by atoms with Gasteiger partial charge in [0.1, 0.15) is 17.1 Å². The topological polar surface area (TPSA) is 18.5 Å². The van der Waals surface area contributed by atoms with Crippen LogP contribution in [-0.4, -0.2) is 7.11 Å². The van der Waals surface area contributed by atoms with Gasteiger partial charge >= 0.3 is 0 Å². The van der Waals surface area contributed by atoms with Crippen molar-refractivity contribution in [3.63, 3.8) is 0 Å². The fourth-order valence-corrected chi connectivity index (χ4v) is 2.51. The van der Waals surface area contributed by atoms with Crippen LogP contribution in [0.1, 0.15) is 19.4 Å². The number of hydrogen-bond donors (Lipinski definition) is 0. The molecule has 0 aliphatic carbocycles. The Hall–Kier alpha value is -1.96. The van der Waals surface area contributed by atoms with Crippen molar-refractivity contribution >= 4 is 0 Å². The van der Waals surface area contributed by atoms with E-state index in [1.54, 1.807) is 7.11 Å². The Morgan fingerprint density at radius 3 is 2.56 bits per heavy atom. The lowest BCUT2D eigenvalue weighted by molar-refractivity contribution is 0.105. The van der Waals surface area contributed by atoms with Crippen molar-refractivity contribution in [1.29, 1.82) is 0 Å². The number of hydrogen-bond acceptors (Lipinski definition) is 2. The molecule has 0 saturated heterocycles. The van der Waals surface area contributed by atoms with Gasteiger partial charge in [-0.1, -0.05) is 24.3 Å². The zero-order valence-electron chi connectivity index (χ0n) is 10.9. The summed E-state index contributed by atoms with van der Waals surface area (Å²) in [6.07, 6.45) is 0. The van der Waals surface area contributed by atoms with Gasteiger partial charge in [-0.2, -0.15) is 0 Å². The molecular weight excluding hydrogens is 224 g/mol. The summed E-state index contributed by atoms with van der Waals surface area (Å²) < 4.78 is 11.4. The second kappa shape index (κ2) is 3.77. The Morgan fingerprint density at radius 2 is 1.78 bits per heavy atom. The third-order valence-electron chi connectivity index (χ3n) is 3.42. The van der Waals surface area contributed by atoms with Crippen molar-refractivity contribution in [2.45, 2.75) is 19.4 Å². The van der Waals surface area contributed by atoms with E-state index in [2.05, 4.69) is 38.1 Å². The number of fused-ring (bicyclic) bond motifs is 3. The summed E-state index contributed by atoms with van der Waals surface area (Å²) in [5.74, 6) is 1.77. The zero-order valence-corrected chi connectivity index (χ0v) is 10.9. The van der Waals surface area contributed by atoms with Crippen LogP contribution in [0, 0.1) is 0 Å². The number of benzene rings is 2. The van der Waals surface area contributed by atoms with E-state index >= 15 is 0 Å². The third kappa shape index (κ3) is 1.57. The molecule has 3 rings (SSSR count). The van der Waals surface area contributed by atoms with Gasteiger partial charge in [-0.05, 0) is 37.6 Å². The molecule has 92 valence electrons. The largest absolute Gasteiger partial charge is 0.497 e. The lowest BCUT2D eigenvalue weighted by Crippen LogP contribution is -2.29. The molecule has 0 radical (unpaired) electrons. The Balaban J connectivity index is 2.27. The predicted molar refractivity (Wildman–Crippen MR) is 72.1 cm³/mol. The fourth-order valence-electron chi connectivity index (χ4n) is 2.51. The molecule has 18 heavy (non-hydrogen) atoms. The molecule has 0 fully saturated rings. The maximum absolute atomic E-state index is 6.09. The van der Waals surface area contributed by atoms with E-state index in [1.807, 2.05) is 18.2 Å². The van der Waals surface area contributed by atoms with Gasteiger partial charge in [-0.3, -0.25) is 0 Å². The monoisotopic (exact) mass is 240 g/mol. The first kappa shape index (κ1) is 11.1. The first-order valence-corrected chi connectivity index (χ1v) is 6.09. The lowest BCUT2D eigenvalue weighted by Gasteiger charge is -2.35. The fraction of sp³-hybridized carbons (Fsp3) is 0.250. The van der Waals surface area contributed by atoms with Gasteiger partial charge < -0.3 is 9.47 Å². The van der Waals surface area contributed by atoms with Crippen molar-refractivity contribution in [1.82, 2.24) is 0 Å². The van der Waals surface area contributed by atoms with Crippen LogP contribution in [0.15, 0.2) is 42.5 Å². The van der Waals surface area contributed by atoms with Crippen LogP contribution in [0.3, 0.4) is 0 Å². The van der Waals surface area contributed by atoms with Crippen molar-refractivity contribution in [3.05, 3.63) is 48.0 Å². The highest BCUT2D eigenvalue weighted by atomic mass is 16.5. The smallest absolute Gasteiger partial charge is 0.129 e. The summed E-state index contributed by atoms with van der Waals surface area (Å²) in [6, 6.07) is 14.3. The summed E-state index contributed by atoms with van der Waals surface area (Å²) >= 11 is 0. The molecule has 0 bridgehead atoms. The highest BCUT2D eigenvalue weighted by molar-refractivity contribution is 5.77. The molecule has 1 aliphatic rings. The Bertz CT molecular complexity index is 600. The van der Waals surface area contributed by atoms with Crippen LogP contribution in [0.4, 0.5) is 0 Å². The van der Waals surface area contributed by atoms with Crippen molar-refractivity contribution in [3.8, 4) is 22.6 Å². The van der Waals surface area contributed by atoms with E-state index in [1.165, 1.54) is 11.1 Å². The molecule has 0 aromatic heterocycles. The minimum atomic E-state index is -0.293. The Labute approximate surface area is 107 Å². The predicted octanol–water partition coefficient (Wildman–Crippen LogP) is 3.99. The molecule has 0 atom stereocenters. The first-order valence-electron chi connectivity index (χ1n) is 6.09. The van der Waals surface area contributed by atoms with Gasteiger partial charge in [0.25, 0.3) is 0 Å². The highest BCUT2D eigenvalue weighted by Gasteiger charge is 2.32. The summed E-state index contributed by atoms with van der Waals surface area (Å²) in [5, 5.41) is 0. The molecule has 0 amide bonds. The van der Waals surface area contributed by atoms with Gasteiger partial charge in [-0.15, -0.1) is 0 Å². The van der Waals surface area contributed by atoms with E-state index in [9.17, 15) is 0 Å². The summed E-state index contributed by atoms with van der Waals surface area (Å²) in [6.45, 7) is 4.19. The molecule has 2 aromatic rings. The van der Waals surface area contributed by atoms with E-state index < -0.39 is 0 Å². The van der Waals surface area contributed by atoms with Crippen LogP contribution < -0.4 is 9.47 Å². The zero-order chi connectivity index (χ0) is 12.8. The highest BCUT2D eigenvalue weighted by Crippen LogP contribution is 2.45. The van der Waals surface area contributed by atoms with Crippen molar-refractivity contribution in [2.75, 3.05) is 7.11 Å². The standard InChI is InChI=1S/C16H16O2/c1-16(2)14-7-5-4-6-12(14)13-10-11(17-3)8-9-15(13)18-16/h4-10H,1-3H3. The minimum Gasteiger partial charge on any atom is -0.497 e. The van der Waals surface area contributed by atoms with E-state index in [-0.39, 0.29) is 5.60 Å². The van der Waals surface area contributed by atoms with Gasteiger partial charge in [0.2, 0.25) is 0 Å². The van der Waals surface area contributed by atoms with Crippen LogP contribution in [-0.2, 0) is 5.60 Å². The molecular formula is C16H16O2. The van der Waals surface area contributed by atoms with Gasteiger partial charge in [-0.25, -0.2) is 0 Å². The van der Waals surface area contributed by atoms with E-state index in [0.717, 1.165) is 17.1 Å². The third-order valence-corrected chi connectivity index (χ3v) is 3.42. The maximum atomic E-state index is 6.09. The van der Waals surface area contributed by atoms with Gasteiger partial charge in [0.05, 0.1) is 7.11 Å². The Kier molecular flexibility index (Phi) is 2.34. The van der Waals surface area contributed by atoms with E-state index in [0.29, 0.717) is 0 Å². The minimum absolute atomic E-state index is 0.293. The molecule has 0 saturated carbocycles. The van der Waals surface area contributed by atoms with Crippen molar-refractivity contribution < 1.29 is 9.47 Å². The van der Waals surface area contributed by atoms with Crippen LogP contribution in [0.2, 0.25) is 0 Å². The number of methoxy groups -OCH3 is 1. The SMILES string of the molecule is COc1ccc2c(c1)-c1ccccc1C(C)(C)O2. The summed E-state index contributed by atoms with van der Waals surface area (Å²) in [7, 11) is 1.68. The molecule has 0 spiro atoms. The quantitative estimate of drug-likeness (QED) is 0.750.